The number of nitrogens with zero attached hydrogens (tertiary/aromatic N) is 1. The summed E-state index contributed by atoms with van der Waals surface area (Å²) in [6.07, 6.45) is 1.50. The molecule has 0 N–H and O–H groups in total. The van der Waals surface area contributed by atoms with Crippen LogP contribution in [0.25, 0.3) is 10.9 Å². The van der Waals surface area contributed by atoms with E-state index >= 15 is 0 Å². The van der Waals surface area contributed by atoms with E-state index in [9.17, 15) is 9.59 Å². The van der Waals surface area contributed by atoms with Crippen molar-refractivity contribution in [3.8, 4) is 0 Å². The first-order valence-electron chi connectivity index (χ1n) is 8.31. The Morgan fingerprint density at radius 1 is 1.08 bits per heavy atom. The van der Waals surface area contributed by atoms with Gasteiger partial charge in [-0.25, -0.2) is 4.79 Å². The highest BCUT2D eigenvalue weighted by atomic mass is 35.5. The zero-order chi connectivity index (χ0) is 18.7. The molecular formula is C21H18ClNO3. The van der Waals surface area contributed by atoms with Crippen LogP contribution in [-0.4, -0.2) is 16.7 Å². The summed E-state index contributed by atoms with van der Waals surface area (Å²) in [5.74, 6) is -0.618. The normalized spacial score (nSPS) is 10.9. The molecule has 0 atom stereocenters. The van der Waals surface area contributed by atoms with Gasteiger partial charge < -0.3 is 4.74 Å². The quantitative estimate of drug-likeness (QED) is 0.466. The van der Waals surface area contributed by atoms with Gasteiger partial charge in [0, 0.05) is 23.1 Å². The van der Waals surface area contributed by atoms with Crippen molar-refractivity contribution < 1.29 is 14.3 Å². The molecule has 132 valence electrons. The molecule has 1 heterocycles. The van der Waals surface area contributed by atoms with Gasteiger partial charge in [0.15, 0.2) is 5.78 Å². The maximum absolute atomic E-state index is 12.3. The number of halogens is 1. The third-order valence-corrected chi connectivity index (χ3v) is 4.48. The molecule has 1 aromatic heterocycles. The minimum absolute atomic E-state index is 0.0506. The average Bonchev–Trinajstić information content (AvgIpc) is 2.66. The molecule has 0 saturated carbocycles. The lowest BCUT2D eigenvalue weighted by Crippen LogP contribution is -2.09. The number of para-hydroxylation sites is 1. The highest BCUT2D eigenvalue weighted by Crippen LogP contribution is 2.29. The number of ether oxygens (including phenoxy) is 1. The number of pyridine rings is 1. The van der Waals surface area contributed by atoms with Crippen LogP contribution in [0.5, 0.6) is 0 Å². The molecule has 0 aliphatic rings. The van der Waals surface area contributed by atoms with Crippen molar-refractivity contribution in [2.45, 2.75) is 20.5 Å². The SMILES string of the molecule is CC(C)C(=O)c1cnc2c(COC(=O)c3ccccc3)cccc2c1Cl. The van der Waals surface area contributed by atoms with Crippen molar-refractivity contribution in [3.05, 3.63) is 76.4 Å². The first-order valence-corrected chi connectivity index (χ1v) is 8.69. The Morgan fingerprint density at radius 3 is 2.50 bits per heavy atom. The van der Waals surface area contributed by atoms with E-state index in [2.05, 4.69) is 4.98 Å². The largest absolute Gasteiger partial charge is 0.457 e. The molecule has 4 nitrogen and oxygen atoms in total. The Kier molecular flexibility index (Phi) is 5.33. The Morgan fingerprint density at radius 2 is 1.81 bits per heavy atom. The minimum atomic E-state index is -0.402. The highest BCUT2D eigenvalue weighted by molar-refractivity contribution is 6.38. The number of rotatable bonds is 5. The van der Waals surface area contributed by atoms with Gasteiger partial charge in [-0.1, -0.05) is 61.8 Å². The second-order valence-electron chi connectivity index (χ2n) is 6.26. The molecule has 2 aromatic carbocycles. The van der Waals surface area contributed by atoms with Gasteiger partial charge in [-0.05, 0) is 12.1 Å². The number of fused-ring (bicyclic) bond motifs is 1. The number of aromatic nitrogens is 1. The second-order valence-corrected chi connectivity index (χ2v) is 6.64. The van der Waals surface area contributed by atoms with Crippen molar-refractivity contribution in [2.24, 2.45) is 5.92 Å². The molecule has 0 spiro atoms. The maximum atomic E-state index is 12.3. The van der Waals surface area contributed by atoms with Crippen molar-refractivity contribution in [1.29, 1.82) is 0 Å². The van der Waals surface area contributed by atoms with Crippen LogP contribution in [0.3, 0.4) is 0 Å². The van der Waals surface area contributed by atoms with Crippen LogP contribution in [0.1, 0.15) is 40.1 Å². The van der Waals surface area contributed by atoms with Crippen LogP contribution in [0.2, 0.25) is 5.02 Å². The predicted octanol–water partition coefficient (Wildman–Crippen LogP) is 5.08. The number of carbonyl (C=O) groups excluding carboxylic acids is 2. The lowest BCUT2D eigenvalue weighted by atomic mass is 10.0. The third-order valence-electron chi connectivity index (χ3n) is 4.07. The Labute approximate surface area is 156 Å². The van der Waals surface area contributed by atoms with Gasteiger partial charge in [-0.3, -0.25) is 9.78 Å². The van der Waals surface area contributed by atoms with Gasteiger partial charge in [0.1, 0.15) is 6.61 Å². The minimum Gasteiger partial charge on any atom is -0.457 e. The molecule has 0 saturated heterocycles. The molecule has 0 aliphatic carbocycles. The maximum Gasteiger partial charge on any atom is 0.338 e. The number of hydrogen-bond donors (Lipinski definition) is 0. The fraction of sp³-hybridized carbons (Fsp3) is 0.190. The lowest BCUT2D eigenvalue weighted by Gasteiger charge is -2.11. The summed E-state index contributed by atoms with van der Waals surface area (Å²) in [5.41, 5.74) is 2.26. The number of esters is 1. The van der Waals surface area contributed by atoms with E-state index < -0.39 is 5.97 Å². The number of Topliss-reactive ketones (excluding diaryl/α,β-unsaturated/α-hetero) is 1. The fourth-order valence-electron chi connectivity index (χ4n) is 2.65. The predicted molar refractivity (Wildman–Crippen MR) is 101 cm³/mol. The molecule has 0 bridgehead atoms. The Bertz CT molecular complexity index is 968. The summed E-state index contributed by atoms with van der Waals surface area (Å²) >= 11 is 6.44. The summed E-state index contributed by atoms with van der Waals surface area (Å²) in [4.78, 5) is 28.8. The van der Waals surface area contributed by atoms with Crippen LogP contribution in [0, 0.1) is 5.92 Å². The summed E-state index contributed by atoms with van der Waals surface area (Å²) in [6, 6.07) is 14.2. The number of benzene rings is 2. The van der Waals surface area contributed by atoms with Crippen LogP contribution < -0.4 is 0 Å². The molecule has 26 heavy (non-hydrogen) atoms. The van der Waals surface area contributed by atoms with E-state index in [-0.39, 0.29) is 18.3 Å². The monoisotopic (exact) mass is 367 g/mol. The van der Waals surface area contributed by atoms with E-state index in [0.717, 1.165) is 5.56 Å². The Balaban J connectivity index is 1.89. The zero-order valence-corrected chi connectivity index (χ0v) is 15.3. The van der Waals surface area contributed by atoms with Crippen LogP contribution in [0.4, 0.5) is 0 Å². The van der Waals surface area contributed by atoms with Gasteiger partial charge in [0.25, 0.3) is 0 Å². The summed E-state index contributed by atoms with van der Waals surface area (Å²) < 4.78 is 5.39. The summed E-state index contributed by atoms with van der Waals surface area (Å²) in [5, 5.41) is 1.05. The van der Waals surface area contributed by atoms with Crippen LogP contribution >= 0.6 is 11.6 Å². The van der Waals surface area contributed by atoms with E-state index in [1.54, 1.807) is 24.3 Å². The van der Waals surface area contributed by atoms with E-state index in [1.165, 1.54) is 6.20 Å². The molecule has 3 aromatic rings. The summed E-state index contributed by atoms with van der Waals surface area (Å²) in [6.45, 7) is 3.72. The van der Waals surface area contributed by atoms with E-state index in [1.807, 2.05) is 38.1 Å². The Hall–Kier alpha value is -2.72. The second kappa shape index (κ2) is 7.67. The number of hydrogen-bond acceptors (Lipinski definition) is 4. The third kappa shape index (κ3) is 3.60. The van der Waals surface area contributed by atoms with Crippen LogP contribution in [-0.2, 0) is 11.3 Å². The van der Waals surface area contributed by atoms with Gasteiger partial charge in [-0.15, -0.1) is 0 Å². The van der Waals surface area contributed by atoms with Gasteiger partial charge >= 0.3 is 5.97 Å². The smallest absolute Gasteiger partial charge is 0.338 e. The molecule has 3 rings (SSSR count). The van der Waals surface area contributed by atoms with E-state index in [4.69, 9.17) is 16.3 Å². The van der Waals surface area contributed by atoms with E-state index in [0.29, 0.717) is 27.1 Å². The van der Waals surface area contributed by atoms with Crippen molar-refractivity contribution in [2.75, 3.05) is 0 Å². The molecule has 0 unspecified atom stereocenters. The molecular weight excluding hydrogens is 350 g/mol. The van der Waals surface area contributed by atoms with Gasteiger partial charge in [0.05, 0.1) is 21.7 Å². The topological polar surface area (TPSA) is 56.3 Å². The first kappa shape index (κ1) is 18.1. The van der Waals surface area contributed by atoms with Crippen LogP contribution in [0.15, 0.2) is 54.7 Å². The molecule has 5 heteroatoms. The standard InChI is InChI=1S/C21H18ClNO3/c1-13(2)20(24)17-11-23-19-15(9-6-10-16(19)18(17)22)12-26-21(25)14-7-4-3-5-8-14/h3-11,13H,12H2,1-2H3. The molecule has 0 radical (unpaired) electrons. The van der Waals surface area contributed by atoms with Crippen molar-refractivity contribution >= 4 is 34.3 Å². The van der Waals surface area contributed by atoms with Gasteiger partial charge in [0.2, 0.25) is 0 Å². The summed E-state index contributed by atoms with van der Waals surface area (Å²) in [7, 11) is 0. The number of ketones is 1. The van der Waals surface area contributed by atoms with Crippen molar-refractivity contribution in [1.82, 2.24) is 4.98 Å². The first-order chi connectivity index (χ1) is 12.5. The molecule has 0 amide bonds. The average molecular weight is 368 g/mol. The number of carbonyl (C=O) groups is 2. The zero-order valence-electron chi connectivity index (χ0n) is 14.5. The van der Waals surface area contributed by atoms with Crippen molar-refractivity contribution in [3.63, 3.8) is 0 Å². The van der Waals surface area contributed by atoms with Gasteiger partial charge in [-0.2, -0.15) is 0 Å². The molecule has 0 aliphatic heterocycles. The lowest BCUT2D eigenvalue weighted by molar-refractivity contribution is 0.0474. The highest BCUT2D eigenvalue weighted by Gasteiger charge is 2.18. The fourth-order valence-corrected chi connectivity index (χ4v) is 2.95. The molecule has 0 fully saturated rings.